The fourth-order valence-electron chi connectivity index (χ4n) is 4.30. The fourth-order valence-corrected chi connectivity index (χ4v) is 4.30. The van der Waals surface area contributed by atoms with Gasteiger partial charge in [0.25, 0.3) is 11.8 Å². The Bertz CT molecular complexity index is 661. The molecule has 2 amide bonds. The number of hydrogen-bond donors (Lipinski definition) is 1. The molecule has 4 rings (SSSR count). The average molecular weight is 342 g/mol. The van der Waals surface area contributed by atoms with E-state index in [9.17, 15) is 9.59 Å². The predicted molar refractivity (Wildman–Crippen MR) is 94.5 cm³/mol. The van der Waals surface area contributed by atoms with E-state index in [0.29, 0.717) is 24.2 Å². The molecule has 0 spiro atoms. The van der Waals surface area contributed by atoms with Crippen LogP contribution in [0.5, 0.6) is 0 Å². The van der Waals surface area contributed by atoms with Crippen LogP contribution in [0.15, 0.2) is 18.2 Å². The van der Waals surface area contributed by atoms with Gasteiger partial charge in [0.15, 0.2) is 0 Å². The lowest BCUT2D eigenvalue weighted by Gasteiger charge is -2.23. The highest BCUT2D eigenvalue weighted by Gasteiger charge is 2.34. The van der Waals surface area contributed by atoms with Gasteiger partial charge in [0.2, 0.25) is 0 Å². The van der Waals surface area contributed by atoms with Crippen LogP contribution >= 0.6 is 0 Å². The molecule has 1 aliphatic carbocycles. The monoisotopic (exact) mass is 342 g/mol. The molecule has 1 aromatic rings. The number of ether oxygens (including phenoxy) is 1. The molecule has 2 fully saturated rings. The number of fused-ring (bicyclic) bond motifs is 1. The van der Waals surface area contributed by atoms with Crippen LogP contribution in [-0.2, 0) is 11.3 Å². The van der Waals surface area contributed by atoms with E-state index in [1.165, 1.54) is 19.3 Å². The molecule has 1 aromatic carbocycles. The van der Waals surface area contributed by atoms with Gasteiger partial charge in [-0.3, -0.25) is 9.59 Å². The first-order valence-corrected chi connectivity index (χ1v) is 9.56. The Balaban J connectivity index is 1.49. The van der Waals surface area contributed by atoms with E-state index < -0.39 is 0 Å². The van der Waals surface area contributed by atoms with Gasteiger partial charge in [0.1, 0.15) is 0 Å². The molecule has 1 saturated carbocycles. The SMILES string of the molecule is O=C(NC1CCCCC1)c1cccc2c1C(=O)N(CC1CCCO1)C2. The zero-order chi connectivity index (χ0) is 17.2. The molecule has 1 atom stereocenters. The van der Waals surface area contributed by atoms with E-state index in [0.717, 1.165) is 37.9 Å². The first-order valence-electron chi connectivity index (χ1n) is 9.56. The normalized spacial score (nSPS) is 23.8. The molecule has 1 saturated heterocycles. The number of amides is 2. The van der Waals surface area contributed by atoms with Crippen molar-refractivity contribution in [2.75, 3.05) is 13.2 Å². The Morgan fingerprint density at radius 3 is 2.76 bits per heavy atom. The van der Waals surface area contributed by atoms with Gasteiger partial charge in [-0.25, -0.2) is 0 Å². The Morgan fingerprint density at radius 2 is 2.00 bits per heavy atom. The molecule has 1 unspecified atom stereocenters. The third-order valence-corrected chi connectivity index (χ3v) is 5.65. The van der Waals surface area contributed by atoms with Crippen LogP contribution in [-0.4, -0.2) is 42.0 Å². The van der Waals surface area contributed by atoms with Crippen LogP contribution in [0, 0.1) is 0 Å². The van der Waals surface area contributed by atoms with Gasteiger partial charge in [-0.05, 0) is 37.3 Å². The van der Waals surface area contributed by atoms with Gasteiger partial charge in [-0.15, -0.1) is 0 Å². The molecule has 0 aromatic heterocycles. The summed E-state index contributed by atoms with van der Waals surface area (Å²) in [5.41, 5.74) is 2.08. The lowest BCUT2D eigenvalue weighted by Crippen LogP contribution is -2.37. The standard InChI is InChI=1S/C20H26N2O3/c23-19(21-15-7-2-1-3-8-15)17-10-4-6-14-12-22(20(24)18(14)17)13-16-9-5-11-25-16/h4,6,10,15-16H,1-3,5,7-9,11-13H2,(H,21,23). The number of rotatable bonds is 4. The summed E-state index contributed by atoms with van der Waals surface area (Å²) in [6.07, 6.45) is 7.89. The van der Waals surface area contributed by atoms with E-state index in [2.05, 4.69) is 5.32 Å². The van der Waals surface area contributed by atoms with Crippen molar-refractivity contribution in [3.63, 3.8) is 0 Å². The Labute approximate surface area is 148 Å². The topological polar surface area (TPSA) is 58.6 Å². The maximum Gasteiger partial charge on any atom is 0.255 e. The first-order chi connectivity index (χ1) is 12.2. The number of nitrogens with zero attached hydrogens (tertiary/aromatic N) is 1. The third-order valence-electron chi connectivity index (χ3n) is 5.65. The second-order valence-electron chi connectivity index (χ2n) is 7.47. The minimum absolute atomic E-state index is 0.0279. The summed E-state index contributed by atoms with van der Waals surface area (Å²) in [6.45, 7) is 1.99. The van der Waals surface area contributed by atoms with Gasteiger partial charge in [-0.1, -0.05) is 31.4 Å². The fraction of sp³-hybridized carbons (Fsp3) is 0.600. The Hall–Kier alpha value is -1.88. The van der Waals surface area contributed by atoms with Crippen molar-refractivity contribution in [1.29, 1.82) is 0 Å². The third kappa shape index (κ3) is 3.43. The van der Waals surface area contributed by atoms with E-state index in [-0.39, 0.29) is 24.0 Å². The zero-order valence-electron chi connectivity index (χ0n) is 14.6. The minimum atomic E-state index is -0.101. The summed E-state index contributed by atoms with van der Waals surface area (Å²) in [5, 5.41) is 3.14. The second kappa shape index (κ2) is 7.16. The van der Waals surface area contributed by atoms with Crippen molar-refractivity contribution in [2.45, 2.75) is 63.6 Å². The number of carbonyl (C=O) groups excluding carboxylic acids is 2. The first kappa shape index (κ1) is 16.6. The van der Waals surface area contributed by atoms with Gasteiger partial charge in [-0.2, -0.15) is 0 Å². The van der Waals surface area contributed by atoms with Crippen molar-refractivity contribution in [1.82, 2.24) is 10.2 Å². The summed E-state index contributed by atoms with van der Waals surface area (Å²) >= 11 is 0. The predicted octanol–water partition coefficient (Wildman–Crippen LogP) is 2.88. The van der Waals surface area contributed by atoms with E-state index in [1.54, 1.807) is 6.07 Å². The van der Waals surface area contributed by atoms with E-state index in [1.807, 2.05) is 17.0 Å². The molecule has 0 radical (unpaired) electrons. The average Bonchev–Trinajstić information content (AvgIpc) is 3.25. The molecule has 25 heavy (non-hydrogen) atoms. The van der Waals surface area contributed by atoms with Crippen molar-refractivity contribution < 1.29 is 14.3 Å². The summed E-state index contributed by atoms with van der Waals surface area (Å²) in [5.74, 6) is -0.129. The van der Waals surface area contributed by atoms with Crippen LogP contribution in [0.2, 0.25) is 0 Å². The van der Waals surface area contributed by atoms with E-state index in [4.69, 9.17) is 4.74 Å². The molecule has 5 nitrogen and oxygen atoms in total. The Kier molecular flexibility index (Phi) is 4.75. The molecule has 1 N–H and O–H groups in total. The Morgan fingerprint density at radius 1 is 1.16 bits per heavy atom. The van der Waals surface area contributed by atoms with E-state index >= 15 is 0 Å². The van der Waals surface area contributed by atoms with Gasteiger partial charge in [0.05, 0.1) is 17.2 Å². The molecule has 3 aliphatic rings. The maximum atomic E-state index is 12.9. The summed E-state index contributed by atoms with van der Waals surface area (Å²) in [6, 6.07) is 5.87. The smallest absolute Gasteiger partial charge is 0.255 e. The van der Waals surface area contributed by atoms with Crippen LogP contribution in [0.25, 0.3) is 0 Å². The van der Waals surface area contributed by atoms with Crippen LogP contribution in [0.4, 0.5) is 0 Å². The lowest BCUT2D eigenvalue weighted by molar-refractivity contribution is 0.0544. The highest BCUT2D eigenvalue weighted by Crippen LogP contribution is 2.28. The van der Waals surface area contributed by atoms with Crippen LogP contribution < -0.4 is 5.32 Å². The van der Waals surface area contributed by atoms with Crippen LogP contribution in [0.3, 0.4) is 0 Å². The number of carbonyl (C=O) groups is 2. The zero-order valence-corrected chi connectivity index (χ0v) is 14.6. The van der Waals surface area contributed by atoms with Gasteiger partial charge < -0.3 is 15.0 Å². The molecular weight excluding hydrogens is 316 g/mol. The molecule has 134 valence electrons. The maximum absolute atomic E-state index is 12.9. The molecule has 5 heteroatoms. The lowest BCUT2D eigenvalue weighted by atomic mass is 9.94. The number of benzene rings is 1. The highest BCUT2D eigenvalue weighted by atomic mass is 16.5. The van der Waals surface area contributed by atoms with Crippen LogP contribution in [0.1, 0.15) is 71.2 Å². The highest BCUT2D eigenvalue weighted by molar-refractivity contribution is 6.09. The second-order valence-corrected chi connectivity index (χ2v) is 7.47. The largest absolute Gasteiger partial charge is 0.376 e. The molecule has 2 aliphatic heterocycles. The van der Waals surface area contributed by atoms with Crippen molar-refractivity contribution >= 4 is 11.8 Å². The number of hydrogen-bond acceptors (Lipinski definition) is 3. The van der Waals surface area contributed by atoms with Crippen molar-refractivity contribution in [3.8, 4) is 0 Å². The molecule has 2 heterocycles. The molecular formula is C20H26N2O3. The summed E-state index contributed by atoms with van der Waals surface area (Å²) < 4.78 is 5.67. The summed E-state index contributed by atoms with van der Waals surface area (Å²) in [4.78, 5) is 27.5. The van der Waals surface area contributed by atoms with Gasteiger partial charge in [0, 0.05) is 25.7 Å². The summed E-state index contributed by atoms with van der Waals surface area (Å²) in [7, 11) is 0. The van der Waals surface area contributed by atoms with Gasteiger partial charge >= 0.3 is 0 Å². The molecule has 0 bridgehead atoms. The van der Waals surface area contributed by atoms with Crippen molar-refractivity contribution in [3.05, 3.63) is 34.9 Å². The van der Waals surface area contributed by atoms with Crippen molar-refractivity contribution in [2.24, 2.45) is 0 Å². The minimum Gasteiger partial charge on any atom is -0.376 e. The number of nitrogens with one attached hydrogen (secondary N) is 1. The quantitative estimate of drug-likeness (QED) is 0.915.